The van der Waals surface area contributed by atoms with E-state index in [-0.39, 0.29) is 11.9 Å². The van der Waals surface area contributed by atoms with Crippen molar-refractivity contribution in [3.05, 3.63) is 51.5 Å². The Morgan fingerprint density at radius 3 is 2.74 bits per heavy atom. The lowest BCUT2D eigenvalue weighted by Crippen LogP contribution is -2.23. The van der Waals surface area contributed by atoms with Crippen LogP contribution in [0.25, 0.3) is 0 Å². The van der Waals surface area contributed by atoms with E-state index in [4.69, 9.17) is 0 Å². The van der Waals surface area contributed by atoms with E-state index >= 15 is 0 Å². The van der Waals surface area contributed by atoms with E-state index in [1.54, 1.807) is 16.9 Å². The second kappa shape index (κ2) is 5.84. The van der Waals surface area contributed by atoms with E-state index in [9.17, 15) is 4.39 Å². The highest BCUT2D eigenvalue weighted by Gasteiger charge is 2.21. The summed E-state index contributed by atoms with van der Waals surface area (Å²) in [4.78, 5) is 0. The number of aromatic nitrogens is 2. The zero-order chi connectivity index (χ0) is 14.0. The van der Waals surface area contributed by atoms with Crippen molar-refractivity contribution < 1.29 is 4.39 Å². The lowest BCUT2D eigenvalue weighted by molar-refractivity contribution is 0.556. The van der Waals surface area contributed by atoms with Gasteiger partial charge in [-0.1, -0.05) is 22.9 Å². The summed E-state index contributed by atoms with van der Waals surface area (Å²) in [5.74, 6) is -0.211. The molecule has 0 aliphatic heterocycles. The summed E-state index contributed by atoms with van der Waals surface area (Å²) in [5, 5.41) is 7.56. The molecule has 0 fully saturated rings. The normalized spacial score (nSPS) is 12.7. The number of hydrogen-bond donors (Lipinski definition) is 1. The van der Waals surface area contributed by atoms with Crippen LogP contribution in [0.15, 0.2) is 28.9 Å². The second-order valence-electron chi connectivity index (χ2n) is 4.47. The molecule has 1 aromatic carbocycles. The van der Waals surface area contributed by atoms with Gasteiger partial charge in [0.25, 0.3) is 0 Å². The van der Waals surface area contributed by atoms with E-state index in [0.29, 0.717) is 5.56 Å². The Labute approximate surface area is 121 Å². The molecule has 3 nitrogen and oxygen atoms in total. The van der Waals surface area contributed by atoms with Crippen molar-refractivity contribution in [2.75, 3.05) is 6.54 Å². The monoisotopic (exact) mass is 325 g/mol. The van der Waals surface area contributed by atoms with Gasteiger partial charge in [-0.15, -0.1) is 0 Å². The Morgan fingerprint density at radius 2 is 2.16 bits per heavy atom. The lowest BCUT2D eigenvalue weighted by Gasteiger charge is -2.19. The number of nitrogens with one attached hydrogen (secondary N) is 1. The van der Waals surface area contributed by atoms with Crippen LogP contribution in [0, 0.1) is 12.7 Å². The molecule has 1 N–H and O–H groups in total. The first-order valence-corrected chi connectivity index (χ1v) is 7.00. The largest absolute Gasteiger partial charge is 0.306 e. The van der Waals surface area contributed by atoms with Gasteiger partial charge in [-0.2, -0.15) is 5.10 Å². The fourth-order valence-electron chi connectivity index (χ4n) is 2.13. The summed E-state index contributed by atoms with van der Waals surface area (Å²) < 4.78 is 16.7. The molecular formula is C14H17BrFN3. The zero-order valence-corrected chi connectivity index (χ0v) is 12.8. The van der Waals surface area contributed by atoms with Crippen LogP contribution in [0.4, 0.5) is 4.39 Å². The third-order valence-corrected chi connectivity index (χ3v) is 3.75. The number of nitrogens with zero attached hydrogens (tertiary/aromatic N) is 2. The molecule has 0 aliphatic rings. The molecule has 1 unspecified atom stereocenters. The molecule has 0 radical (unpaired) electrons. The number of benzene rings is 1. The molecule has 1 atom stereocenters. The summed E-state index contributed by atoms with van der Waals surface area (Å²) in [7, 11) is 1.89. The van der Waals surface area contributed by atoms with Gasteiger partial charge in [-0.3, -0.25) is 4.68 Å². The summed E-state index contributed by atoms with van der Waals surface area (Å²) in [5.41, 5.74) is 2.67. The molecule has 2 rings (SSSR count). The van der Waals surface area contributed by atoms with Gasteiger partial charge in [0.2, 0.25) is 0 Å². The third-order valence-electron chi connectivity index (χ3n) is 3.26. The number of aryl methyl sites for hydroxylation is 1. The minimum atomic E-state index is -0.211. The van der Waals surface area contributed by atoms with Crippen molar-refractivity contribution in [3.8, 4) is 0 Å². The standard InChI is InChI=1S/C14H17BrFN3/c1-4-17-14(12-8-18-19(3)9(12)2)11-7-10(15)5-6-13(11)16/h5-8,14,17H,4H2,1-3H3. The van der Waals surface area contributed by atoms with Crippen molar-refractivity contribution in [1.82, 2.24) is 15.1 Å². The van der Waals surface area contributed by atoms with E-state index in [0.717, 1.165) is 22.3 Å². The quantitative estimate of drug-likeness (QED) is 0.934. The molecular weight excluding hydrogens is 309 g/mol. The van der Waals surface area contributed by atoms with E-state index in [2.05, 4.69) is 26.3 Å². The van der Waals surface area contributed by atoms with Gasteiger partial charge in [0.15, 0.2) is 0 Å². The number of rotatable bonds is 4. The number of hydrogen-bond acceptors (Lipinski definition) is 2. The second-order valence-corrected chi connectivity index (χ2v) is 5.38. The van der Waals surface area contributed by atoms with Crippen LogP contribution in [0.1, 0.15) is 29.8 Å². The SMILES string of the molecule is CCNC(c1cc(Br)ccc1F)c1cnn(C)c1C. The Morgan fingerprint density at radius 1 is 1.42 bits per heavy atom. The van der Waals surface area contributed by atoms with Crippen LogP contribution in [0.2, 0.25) is 0 Å². The summed E-state index contributed by atoms with van der Waals surface area (Å²) >= 11 is 3.40. The van der Waals surface area contributed by atoms with Gasteiger partial charge in [-0.25, -0.2) is 4.39 Å². The summed E-state index contributed by atoms with van der Waals surface area (Å²) in [6, 6.07) is 4.82. The van der Waals surface area contributed by atoms with Crippen LogP contribution in [0.5, 0.6) is 0 Å². The van der Waals surface area contributed by atoms with Gasteiger partial charge < -0.3 is 5.32 Å². The minimum absolute atomic E-state index is 0.184. The summed E-state index contributed by atoms with van der Waals surface area (Å²) in [6.07, 6.45) is 1.79. The molecule has 0 saturated carbocycles. The van der Waals surface area contributed by atoms with Crippen LogP contribution >= 0.6 is 15.9 Å². The molecule has 0 saturated heterocycles. The predicted molar refractivity (Wildman–Crippen MR) is 77.6 cm³/mol. The lowest BCUT2D eigenvalue weighted by atomic mass is 9.99. The average molecular weight is 326 g/mol. The first kappa shape index (κ1) is 14.2. The van der Waals surface area contributed by atoms with Crippen LogP contribution in [-0.2, 0) is 7.05 Å². The molecule has 0 spiro atoms. The van der Waals surface area contributed by atoms with Crippen molar-refractivity contribution >= 4 is 15.9 Å². The van der Waals surface area contributed by atoms with Gasteiger partial charge in [-0.05, 0) is 31.7 Å². The molecule has 0 aliphatic carbocycles. The Kier molecular flexibility index (Phi) is 4.37. The third kappa shape index (κ3) is 2.87. The molecule has 5 heteroatoms. The maximum atomic E-state index is 14.1. The van der Waals surface area contributed by atoms with Gasteiger partial charge in [0.05, 0.1) is 12.2 Å². The first-order valence-electron chi connectivity index (χ1n) is 6.21. The topological polar surface area (TPSA) is 29.9 Å². The van der Waals surface area contributed by atoms with Crippen molar-refractivity contribution in [2.24, 2.45) is 7.05 Å². The molecule has 19 heavy (non-hydrogen) atoms. The molecule has 1 aromatic heterocycles. The van der Waals surface area contributed by atoms with Crippen LogP contribution in [0.3, 0.4) is 0 Å². The molecule has 1 heterocycles. The van der Waals surface area contributed by atoms with Crippen LogP contribution < -0.4 is 5.32 Å². The van der Waals surface area contributed by atoms with Gasteiger partial charge >= 0.3 is 0 Å². The maximum absolute atomic E-state index is 14.1. The first-order chi connectivity index (χ1) is 9.04. The Bertz CT molecular complexity index is 580. The highest BCUT2D eigenvalue weighted by molar-refractivity contribution is 9.10. The Balaban J connectivity index is 2.51. The Hall–Kier alpha value is -1.20. The molecule has 0 amide bonds. The van der Waals surface area contributed by atoms with Crippen LogP contribution in [-0.4, -0.2) is 16.3 Å². The fraction of sp³-hybridized carbons (Fsp3) is 0.357. The molecule has 0 bridgehead atoms. The highest BCUT2D eigenvalue weighted by Crippen LogP contribution is 2.28. The van der Waals surface area contributed by atoms with Crippen molar-refractivity contribution in [1.29, 1.82) is 0 Å². The maximum Gasteiger partial charge on any atom is 0.128 e. The van der Waals surface area contributed by atoms with Crippen molar-refractivity contribution in [2.45, 2.75) is 19.9 Å². The number of halogens is 2. The van der Waals surface area contributed by atoms with E-state index < -0.39 is 0 Å². The van der Waals surface area contributed by atoms with Crippen molar-refractivity contribution in [3.63, 3.8) is 0 Å². The van der Waals surface area contributed by atoms with Gasteiger partial charge in [0.1, 0.15) is 5.82 Å². The zero-order valence-electron chi connectivity index (χ0n) is 11.2. The molecule has 2 aromatic rings. The smallest absolute Gasteiger partial charge is 0.128 e. The average Bonchev–Trinajstić information content (AvgIpc) is 2.71. The highest BCUT2D eigenvalue weighted by atomic mass is 79.9. The van der Waals surface area contributed by atoms with E-state index in [1.807, 2.05) is 27.0 Å². The summed E-state index contributed by atoms with van der Waals surface area (Å²) in [6.45, 7) is 4.75. The van der Waals surface area contributed by atoms with Gasteiger partial charge in [0, 0.05) is 28.3 Å². The van der Waals surface area contributed by atoms with E-state index in [1.165, 1.54) is 6.07 Å². The predicted octanol–water partition coefficient (Wildman–Crippen LogP) is 3.33. The minimum Gasteiger partial charge on any atom is -0.306 e. The molecule has 102 valence electrons. The fourth-order valence-corrected chi connectivity index (χ4v) is 2.51.